The first-order chi connectivity index (χ1) is 8.65. The highest BCUT2D eigenvalue weighted by Gasteiger charge is 2.09. The Kier molecular flexibility index (Phi) is 5.23. The van der Waals surface area contributed by atoms with Crippen molar-refractivity contribution in [3.8, 4) is 23.6 Å². The third-order valence-corrected chi connectivity index (χ3v) is 2.81. The van der Waals surface area contributed by atoms with Crippen molar-refractivity contribution in [1.29, 1.82) is 10.5 Å². The van der Waals surface area contributed by atoms with E-state index in [1.807, 2.05) is 19.1 Å². The molecule has 4 nitrogen and oxygen atoms in total. The van der Waals surface area contributed by atoms with Gasteiger partial charge in [0.1, 0.15) is 17.7 Å². The molecule has 1 aromatic rings. The zero-order chi connectivity index (χ0) is 13.5. The van der Waals surface area contributed by atoms with Crippen LogP contribution in [0.4, 0.5) is 0 Å². The fourth-order valence-corrected chi connectivity index (χ4v) is 1.77. The van der Waals surface area contributed by atoms with Gasteiger partial charge in [0.2, 0.25) is 0 Å². The minimum atomic E-state index is 0.0308. The maximum atomic E-state index is 8.74. The van der Waals surface area contributed by atoms with Gasteiger partial charge in [0.15, 0.2) is 11.5 Å². The zero-order valence-electron chi connectivity index (χ0n) is 10.0. The van der Waals surface area contributed by atoms with Gasteiger partial charge < -0.3 is 9.47 Å². The maximum Gasteiger partial charge on any atom is 0.161 e. The van der Waals surface area contributed by atoms with E-state index in [0.717, 1.165) is 4.47 Å². The van der Waals surface area contributed by atoms with Crippen LogP contribution < -0.4 is 9.47 Å². The van der Waals surface area contributed by atoms with Crippen molar-refractivity contribution in [3.63, 3.8) is 0 Å². The summed E-state index contributed by atoms with van der Waals surface area (Å²) in [6, 6.07) is 7.09. The molecule has 18 heavy (non-hydrogen) atoms. The molecule has 0 saturated heterocycles. The third kappa shape index (κ3) is 3.26. The summed E-state index contributed by atoms with van der Waals surface area (Å²) in [4.78, 5) is 0. The molecule has 0 spiro atoms. The second-order valence-corrected chi connectivity index (χ2v) is 4.09. The predicted molar refractivity (Wildman–Crippen MR) is 71.1 cm³/mol. The largest absolute Gasteiger partial charge is 0.493 e. The lowest BCUT2D eigenvalue weighted by Crippen LogP contribution is -1.96. The molecule has 0 aromatic heterocycles. The Morgan fingerprint density at radius 1 is 1.33 bits per heavy atom. The van der Waals surface area contributed by atoms with Gasteiger partial charge in [-0.25, -0.2) is 0 Å². The topological polar surface area (TPSA) is 66.0 Å². The summed E-state index contributed by atoms with van der Waals surface area (Å²) in [5.41, 5.74) is 0.723. The molecule has 0 aliphatic heterocycles. The fraction of sp³-hybridized carbons (Fsp3) is 0.231. The molecule has 0 aliphatic rings. The number of halogens is 1. The quantitative estimate of drug-likeness (QED) is 0.801. The van der Waals surface area contributed by atoms with Gasteiger partial charge in [0.25, 0.3) is 0 Å². The monoisotopic (exact) mass is 306 g/mol. The normalized spacial score (nSPS) is 8.94. The molecule has 0 unspecified atom stereocenters. The van der Waals surface area contributed by atoms with E-state index in [0.29, 0.717) is 23.7 Å². The summed E-state index contributed by atoms with van der Waals surface area (Å²) >= 11 is 3.36. The van der Waals surface area contributed by atoms with Crippen LogP contribution in [0.25, 0.3) is 6.08 Å². The maximum absolute atomic E-state index is 8.74. The van der Waals surface area contributed by atoms with Gasteiger partial charge in [-0.3, -0.25) is 0 Å². The number of rotatable bonds is 4. The summed E-state index contributed by atoms with van der Waals surface area (Å²) in [6.45, 7) is 2.37. The molecular formula is C13H11BrN2O2. The number of allylic oxidation sites excluding steroid dienone is 1. The Morgan fingerprint density at radius 2 is 2.00 bits per heavy atom. The molecule has 0 bridgehead atoms. The van der Waals surface area contributed by atoms with Crippen LogP contribution in [-0.4, -0.2) is 13.7 Å². The molecule has 0 N–H and O–H groups in total. The van der Waals surface area contributed by atoms with Gasteiger partial charge in [0.05, 0.1) is 13.7 Å². The predicted octanol–water partition coefficient (Wildman–Crippen LogP) is 3.29. The van der Waals surface area contributed by atoms with Crippen molar-refractivity contribution in [2.75, 3.05) is 13.7 Å². The summed E-state index contributed by atoms with van der Waals surface area (Å²) in [5.74, 6) is 1.17. The van der Waals surface area contributed by atoms with Crippen LogP contribution in [0.3, 0.4) is 0 Å². The molecule has 0 radical (unpaired) electrons. The lowest BCUT2D eigenvalue weighted by atomic mass is 10.1. The van der Waals surface area contributed by atoms with Crippen LogP contribution in [0.5, 0.6) is 11.5 Å². The second kappa shape index (κ2) is 6.68. The molecule has 0 atom stereocenters. The summed E-state index contributed by atoms with van der Waals surface area (Å²) in [7, 11) is 1.55. The van der Waals surface area contributed by atoms with Gasteiger partial charge in [-0.2, -0.15) is 10.5 Å². The van der Waals surface area contributed by atoms with Crippen molar-refractivity contribution in [2.45, 2.75) is 6.92 Å². The first kappa shape index (κ1) is 14.1. The lowest BCUT2D eigenvalue weighted by molar-refractivity contribution is 0.310. The Bertz CT molecular complexity index is 537. The highest BCUT2D eigenvalue weighted by atomic mass is 79.9. The number of hydrogen-bond donors (Lipinski definition) is 0. The summed E-state index contributed by atoms with van der Waals surface area (Å²) in [5, 5.41) is 17.5. The fourth-order valence-electron chi connectivity index (χ4n) is 1.33. The van der Waals surface area contributed by atoms with E-state index in [2.05, 4.69) is 15.9 Å². The summed E-state index contributed by atoms with van der Waals surface area (Å²) in [6.07, 6.45) is 1.49. The van der Waals surface area contributed by atoms with Crippen LogP contribution in [-0.2, 0) is 0 Å². The summed E-state index contributed by atoms with van der Waals surface area (Å²) < 4.78 is 11.3. The van der Waals surface area contributed by atoms with Crippen LogP contribution in [0.1, 0.15) is 12.5 Å². The van der Waals surface area contributed by atoms with Gasteiger partial charge in [-0.1, -0.05) is 15.9 Å². The first-order valence-corrected chi connectivity index (χ1v) is 5.97. The number of hydrogen-bond acceptors (Lipinski definition) is 4. The van der Waals surface area contributed by atoms with Gasteiger partial charge in [-0.15, -0.1) is 0 Å². The number of nitrogens with zero attached hydrogens (tertiary/aromatic N) is 2. The molecular weight excluding hydrogens is 296 g/mol. The molecule has 1 aromatic carbocycles. The Balaban J connectivity index is 3.31. The molecule has 0 aliphatic carbocycles. The van der Waals surface area contributed by atoms with E-state index in [-0.39, 0.29) is 5.57 Å². The molecule has 5 heteroatoms. The smallest absolute Gasteiger partial charge is 0.161 e. The highest BCUT2D eigenvalue weighted by molar-refractivity contribution is 9.10. The van der Waals surface area contributed by atoms with E-state index in [9.17, 15) is 0 Å². The van der Waals surface area contributed by atoms with Crippen LogP contribution in [0, 0.1) is 22.7 Å². The Hall–Kier alpha value is -1.98. The van der Waals surface area contributed by atoms with E-state index in [4.69, 9.17) is 20.0 Å². The average Bonchev–Trinajstić information content (AvgIpc) is 2.39. The number of methoxy groups -OCH3 is 1. The van der Waals surface area contributed by atoms with Gasteiger partial charge in [-0.05, 0) is 30.7 Å². The lowest BCUT2D eigenvalue weighted by Gasteiger charge is -2.11. The van der Waals surface area contributed by atoms with E-state index in [1.54, 1.807) is 19.2 Å². The van der Waals surface area contributed by atoms with E-state index < -0.39 is 0 Å². The second-order valence-electron chi connectivity index (χ2n) is 3.24. The molecule has 0 saturated carbocycles. The molecule has 1 rings (SSSR count). The standard InChI is InChI=1S/C13H11BrN2O2/c1-3-18-13-5-10(4-9(7-15)8-16)11(14)6-12(13)17-2/h4-6H,3H2,1-2H3. The highest BCUT2D eigenvalue weighted by Crippen LogP contribution is 2.34. The van der Waals surface area contributed by atoms with Crippen LogP contribution >= 0.6 is 15.9 Å². The molecule has 0 fully saturated rings. The van der Waals surface area contributed by atoms with Crippen LogP contribution in [0.15, 0.2) is 22.2 Å². The third-order valence-electron chi connectivity index (χ3n) is 2.12. The van der Waals surface area contributed by atoms with E-state index >= 15 is 0 Å². The average molecular weight is 307 g/mol. The van der Waals surface area contributed by atoms with Gasteiger partial charge >= 0.3 is 0 Å². The Morgan fingerprint density at radius 3 is 2.50 bits per heavy atom. The van der Waals surface area contributed by atoms with Crippen molar-refractivity contribution in [2.24, 2.45) is 0 Å². The Labute approximate surface area is 114 Å². The van der Waals surface area contributed by atoms with Crippen molar-refractivity contribution < 1.29 is 9.47 Å². The van der Waals surface area contributed by atoms with Crippen molar-refractivity contribution in [3.05, 3.63) is 27.7 Å². The number of ether oxygens (including phenoxy) is 2. The minimum absolute atomic E-state index is 0.0308. The van der Waals surface area contributed by atoms with Gasteiger partial charge in [0, 0.05) is 4.47 Å². The minimum Gasteiger partial charge on any atom is -0.493 e. The van der Waals surface area contributed by atoms with Crippen LogP contribution in [0.2, 0.25) is 0 Å². The SMILES string of the molecule is CCOc1cc(C=C(C#N)C#N)c(Br)cc1OC. The van der Waals surface area contributed by atoms with E-state index in [1.165, 1.54) is 6.08 Å². The molecule has 0 amide bonds. The zero-order valence-corrected chi connectivity index (χ0v) is 11.6. The van der Waals surface area contributed by atoms with Crippen molar-refractivity contribution in [1.82, 2.24) is 0 Å². The molecule has 0 heterocycles. The first-order valence-electron chi connectivity index (χ1n) is 5.18. The molecule has 92 valence electrons. The van der Waals surface area contributed by atoms with Crippen molar-refractivity contribution >= 4 is 22.0 Å². The number of nitriles is 2. The number of benzene rings is 1.